The lowest BCUT2D eigenvalue weighted by Gasteiger charge is -2.06. The van der Waals surface area contributed by atoms with Gasteiger partial charge in [0.15, 0.2) is 0 Å². The Morgan fingerprint density at radius 3 is 2.61 bits per heavy atom. The Kier molecular flexibility index (Phi) is 5.45. The van der Waals surface area contributed by atoms with Crippen molar-refractivity contribution in [3.63, 3.8) is 0 Å². The summed E-state index contributed by atoms with van der Waals surface area (Å²) in [5.74, 6) is -0.722. The highest BCUT2D eigenvalue weighted by Crippen LogP contribution is 2.18. The Hall–Kier alpha value is -4.01. The van der Waals surface area contributed by atoms with Crippen LogP contribution in [0.2, 0.25) is 0 Å². The maximum Gasteiger partial charge on any atom is 0.395 e. The fourth-order valence-corrected chi connectivity index (χ4v) is 2.36. The van der Waals surface area contributed by atoms with E-state index < -0.39 is 22.0 Å². The minimum Gasteiger partial charge on any atom is -0.489 e. The Bertz CT molecular complexity index is 1090. The molecule has 1 heterocycles. The molecule has 0 saturated carbocycles. The molecule has 28 heavy (non-hydrogen) atoms. The van der Waals surface area contributed by atoms with Gasteiger partial charge in [-0.15, -0.1) is 0 Å². The molecule has 1 aromatic heterocycles. The molecule has 8 nitrogen and oxygen atoms in total. The zero-order chi connectivity index (χ0) is 20.1. The van der Waals surface area contributed by atoms with Crippen LogP contribution < -0.4 is 10.3 Å². The van der Waals surface area contributed by atoms with Crippen LogP contribution in [0.4, 0.5) is 10.1 Å². The monoisotopic (exact) mass is 383 g/mol. The molecule has 0 amide bonds. The molecule has 9 heteroatoms. The number of nitrogens with zero attached hydrogens (tertiary/aromatic N) is 2. The average Bonchev–Trinajstić information content (AvgIpc) is 2.65. The van der Waals surface area contributed by atoms with Crippen LogP contribution in [0.1, 0.15) is 17.0 Å². The summed E-state index contributed by atoms with van der Waals surface area (Å²) in [7, 11) is 0. The van der Waals surface area contributed by atoms with E-state index in [1.165, 1.54) is 18.2 Å². The summed E-state index contributed by atoms with van der Waals surface area (Å²) < 4.78 is 18.7. The first kappa shape index (κ1) is 18.8. The second-order valence-corrected chi connectivity index (χ2v) is 5.70. The lowest BCUT2D eigenvalue weighted by molar-refractivity contribution is -0.387. The number of hydrogen-bond acceptors (Lipinski definition) is 6. The zero-order valence-corrected chi connectivity index (χ0v) is 14.3. The molecule has 0 bridgehead atoms. The van der Waals surface area contributed by atoms with Gasteiger partial charge in [-0.3, -0.25) is 14.9 Å². The highest BCUT2D eigenvalue weighted by Gasteiger charge is 2.21. The molecule has 142 valence electrons. The van der Waals surface area contributed by atoms with Crippen molar-refractivity contribution in [1.82, 2.24) is 9.97 Å². The molecule has 0 spiro atoms. The quantitative estimate of drug-likeness (QED) is 0.498. The van der Waals surface area contributed by atoms with Gasteiger partial charge in [0.1, 0.15) is 24.0 Å². The summed E-state index contributed by atoms with van der Waals surface area (Å²) in [6.45, 7) is 0.222. The lowest BCUT2D eigenvalue weighted by Crippen LogP contribution is -2.14. The maximum absolute atomic E-state index is 13.1. The number of halogens is 1. The van der Waals surface area contributed by atoms with Crippen LogP contribution in [-0.4, -0.2) is 20.0 Å². The molecule has 0 aliphatic heterocycles. The van der Waals surface area contributed by atoms with E-state index in [0.29, 0.717) is 11.3 Å². The lowest BCUT2D eigenvalue weighted by atomic mass is 10.2. The Morgan fingerprint density at radius 2 is 1.96 bits per heavy atom. The largest absolute Gasteiger partial charge is 0.489 e. The van der Waals surface area contributed by atoms with Crippen LogP contribution in [0.3, 0.4) is 0 Å². The molecule has 0 atom stereocenters. The summed E-state index contributed by atoms with van der Waals surface area (Å²) in [6, 6.07) is 13.0. The first-order valence-electron chi connectivity index (χ1n) is 8.05. The fourth-order valence-electron chi connectivity index (χ4n) is 2.36. The van der Waals surface area contributed by atoms with E-state index in [1.807, 2.05) is 0 Å². The van der Waals surface area contributed by atoms with Crippen LogP contribution in [0.15, 0.2) is 53.3 Å². The summed E-state index contributed by atoms with van der Waals surface area (Å²) in [5.41, 5.74) is -0.606. The van der Waals surface area contributed by atoms with Gasteiger partial charge in [-0.05, 0) is 41.5 Å². The van der Waals surface area contributed by atoms with E-state index >= 15 is 0 Å². The van der Waals surface area contributed by atoms with E-state index in [4.69, 9.17) is 4.74 Å². The topological polar surface area (TPSA) is 118 Å². The maximum atomic E-state index is 13.1. The Balaban J connectivity index is 1.67. The zero-order valence-electron chi connectivity index (χ0n) is 14.3. The average molecular weight is 383 g/mol. The van der Waals surface area contributed by atoms with Crippen molar-refractivity contribution in [2.24, 2.45) is 0 Å². The predicted molar refractivity (Wildman–Crippen MR) is 99.3 cm³/mol. The van der Waals surface area contributed by atoms with Gasteiger partial charge in [-0.2, -0.15) is 4.98 Å². The first-order valence-corrected chi connectivity index (χ1v) is 8.05. The van der Waals surface area contributed by atoms with E-state index in [-0.39, 0.29) is 18.2 Å². The Labute approximate surface area is 157 Å². The number of benzene rings is 2. The van der Waals surface area contributed by atoms with Crippen LogP contribution in [-0.2, 0) is 6.61 Å². The number of aromatic amines is 1. The van der Waals surface area contributed by atoms with Gasteiger partial charge in [0.05, 0.1) is 4.92 Å². The highest BCUT2D eigenvalue weighted by atomic mass is 19.1. The van der Waals surface area contributed by atoms with Crippen molar-refractivity contribution in [3.8, 4) is 11.6 Å². The second kappa shape index (κ2) is 8.12. The Morgan fingerprint density at radius 1 is 1.21 bits per heavy atom. The highest BCUT2D eigenvalue weighted by molar-refractivity contribution is 5.67. The molecule has 0 aliphatic rings. The van der Waals surface area contributed by atoms with Crippen molar-refractivity contribution >= 4 is 17.8 Å². The molecular formula is C19H14FN3O5. The molecular weight excluding hydrogens is 369 g/mol. The van der Waals surface area contributed by atoms with Crippen molar-refractivity contribution in [3.05, 3.63) is 91.8 Å². The normalized spacial score (nSPS) is 10.9. The summed E-state index contributed by atoms with van der Waals surface area (Å²) in [4.78, 5) is 27.0. The van der Waals surface area contributed by atoms with Gasteiger partial charge in [-0.25, -0.2) is 4.39 Å². The third-order valence-corrected chi connectivity index (χ3v) is 3.69. The van der Waals surface area contributed by atoms with Gasteiger partial charge >= 0.3 is 11.2 Å². The van der Waals surface area contributed by atoms with Crippen molar-refractivity contribution < 1.29 is 19.2 Å². The number of H-pyrrole nitrogens is 1. The van der Waals surface area contributed by atoms with Crippen LogP contribution in [0.5, 0.6) is 11.6 Å². The standard InChI is InChI=1S/C19H14FN3O5/c20-14-3-1-2-13(10-14)11-28-15-7-4-12(5-8-15)6-9-16-21-18(24)17(23(26)27)19(25)22-16/h1-10H,11H2,(H2,21,22,24,25). The number of ether oxygens (including phenoxy) is 1. The molecule has 0 unspecified atom stereocenters. The van der Waals surface area contributed by atoms with Crippen LogP contribution in [0, 0.1) is 15.9 Å². The molecule has 0 saturated heterocycles. The van der Waals surface area contributed by atoms with Crippen LogP contribution >= 0.6 is 0 Å². The first-order chi connectivity index (χ1) is 13.4. The molecule has 3 rings (SSSR count). The minimum absolute atomic E-state index is 0.0282. The van der Waals surface area contributed by atoms with Gasteiger partial charge in [0.25, 0.3) is 5.88 Å². The smallest absolute Gasteiger partial charge is 0.395 e. The van der Waals surface area contributed by atoms with Gasteiger partial charge in [0.2, 0.25) is 0 Å². The summed E-state index contributed by atoms with van der Waals surface area (Å²) in [6.07, 6.45) is 2.99. The number of nitrogens with one attached hydrogen (secondary N) is 1. The van der Waals surface area contributed by atoms with Crippen LogP contribution in [0.25, 0.3) is 12.2 Å². The van der Waals surface area contributed by atoms with Gasteiger partial charge in [-0.1, -0.05) is 30.3 Å². The van der Waals surface area contributed by atoms with Gasteiger partial charge < -0.3 is 14.8 Å². The van der Waals surface area contributed by atoms with E-state index in [2.05, 4.69) is 9.97 Å². The van der Waals surface area contributed by atoms with E-state index in [0.717, 1.165) is 5.56 Å². The third-order valence-electron chi connectivity index (χ3n) is 3.69. The molecule has 2 aromatic carbocycles. The third kappa shape index (κ3) is 4.58. The number of aromatic hydroxyl groups is 1. The van der Waals surface area contributed by atoms with E-state index in [1.54, 1.807) is 42.5 Å². The second-order valence-electron chi connectivity index (χ2n) is 5.70. The number of aromatic nitrogens is 2. The molecule has 0 aliphatic carbocycles. The molecule has 2 N–H and O–H groups in total. The minimum atomic E-state index is -1.04. The SMILES string of the molecule is O=c1[nH]c(C=Cc2ccc(OCc3cccc(F)c3)cc2)nc(O)c1[N+](=O)[O-]. The summed E-state index contributed by atoms with van der Waals surface area (Å²) >= 11 is 0. The number of hydrogen-bond donors (Lipinski definition) is 2. The molecule has 3 aromatic rings. The van der Waals surface area contributed by atoms with Crippen molar-refractivity contribution in [1.29, 1.82) is 0 Å². The van der Waals surface area contributed by atoms with Crippen molar-refractivity contribution in [2.45, 2.75) is 6.61 Å². The predicted octanol–water partition coefficient (Wildman–Crippen LogP) is 3.27. The molecule has 0 fully saturated rings. The number of rotatable bonds is 6. The fraction of sp³-hybridized carbons (Fsp3) is 0.0526. The van der Waals surface area contributed by atoms with E-state index in [9.17, 15) is 24.4 Å². The van der Waals surface area contributed by atoms with Crippen molar-refractivity contribution in [2.75, 3.05) is 0 Å². The van der Waals surface area contributed by atoms with Gasteiger partial charge in [0, 0.05) is 0 Å². The number of nitro groups is 1. The summed E-state index contributed by atoms with van der Waals surface area (Å²) in [5, 5.41) is 20.2. The molecule has 0 radical (unpaired) electrons.